The van der Waals surface area contributed by atoms with Crippen molar-refractivity contribution >= 4 is 5.78 Å². The van der Waals surface area contributed by atoms with Crippen LogP contribution in [0, 0.1) is 11.6 Å². The number of ketones is 1. The fraction of sp³-hybridized carbons (Fsp3) is 0.278. The molecule has 2 aromatic carbocycles. The molecule has 0 N–H and O–H groups in total. The molecule has 0 heterocycles. The van der Waals surface area contributed by atoms with Crippen molar-refractivity contribution in [3.05, 3.63) is 70.8 Å². The minimum Gasteiger partial charge on any atom is -0.294 e. The maximum Gasteiger partial charge on any atom is 0.163 e. The molecule has 0 aliphatic heterocycles. The predicted molar refractivity (Wildman–Crippen MR) is 77.4 cm³/mol. The molecule has 3 rings (SSSR count). The van der Waals surface area contributed by atoms with E-state index in [9.17, 15) is 13.6 Å². The van der Waals surface area contributed by atoms with Crippen LogP contribution in [-0.4, -0.2) is 5.78 Å². The summed E-state index contributed by atoms with van der Waals surface area (Å²) in [4.78, 5) is 12.3. The number of fused-ring (bicyclic) bond motifs is 1. The Kier molecular flexibility index (Phi) is 3.82. The van der Waals surface area contributed by atoms with Gasteiger partial charge in [0.15, 0.2) is 5.78 Å². The number of aryl methyl sites for hydroxylation is 1. The molecule has 0 fully saturated rings. The second-order valence-electron chi connectivity index (χ2n) is 5.57. The quantitative estimate of drug-likeness (QED) is 0.750. The summed E-state index contributed by atoms with van der Waals surface area (Å²) in [7, 11) is 0. The Labute approximate surface area is 122 Å². The molecule has 1 nitrogen and oxygen atoms in total. The SMILES string of the molecule is O=C(CC1CCCc2ccccc21)c1cc(F)cc(F)c1. The summed E-state index contributed by atoms with van der Waals surface area (Å²) in [5.41, 5.74) is 2.61. The number of hydrogen-bond donors (Lipinski definition) is 0. The molecule has 1 aliphatic rings. The number of Topliss-reactive ketones (excluding diaryl/α,β-unsaturated/α-hetero) is 1. The van der Waals surface area contributed by atoms with E-state index in [4.69, 9.17) is 0 Å². The maximum absolute atomic E-state index is 13.2. The fourth-order valence-electron chi connectivity index (χ4n) is 3.12. The van der Waals surface area contributed by atoms with E-state index >= 15 is 0 Å². The van der Waals surface area contributed by atoms with Crippen LogP contribution >= 0.6 is 0 Å². The Morgan fingerprint density at radius 1 is 1.10 bits per heavy atom. The van der Waals surface area contributed by atoms with Crippen LogP contribution in [0.4, 0.5) is 8.78 Å². The second-order valence-corrected chi connectivity index (χ2v) is 5.57. The molecule has 1 atom stereocenters. The van der Waals surface area contributed by atoms with Crippen molar-refractivity contribution in [2.45, 2.75) is 31.6 Å². The van der Waals surface area contributed by atoms with Gasteiger partial charge in [-0.2, -0.15) is 0 Å². The van der Waals surface area contributed by atoms with Crippen molar-refractivity contribution in [2.24, 2.45) is 0 Å². The van der Waals surface area contributed by atoms with Crippen LogP contribution in [-0.2, 0) is 6.42 Å². The zero-order valence-electron chi connectivity index (χ0n) is 11.6. The highest BCUT2D eigenvalue weighted by Gasteiger charge is 2.23. The molecule has 108 valence electrons. The highest BCUT2D eigenvalue weighted by molar-refractivity contribution is 5.96. The third kappa shape index (κ3) is 3.02. The van der Waals surface area contributed by atoms with Crippen LogP contribution in [0.5, 0.6) is 0 Å². The van der Waals surface area contributed by atoms with Crippen molar-refractivity contribution < 1.29 is 13.6 Å². The average Bonchev–Trinajstić information content (AvgIpc) is 2.46. The minimum atomic E-state index is -0.706. The van der Waals surface area contributed by atoms with Gasteiger partial charge < -0.3 is 0 Å². The molecule has 2 aromatic rings. The van der Waals surface area contributed by atoms with Gasteiger partial charge in [-0.3, -0.25) is 4.79 Å². The van der Waals surface area contributed by atoms with E-state index in [0.29, 0.717) is 6.42 Å². The molecule has 1 aliphatic carbocycles. The standard InChI is InChI=1S/C18H16F2O/c19-15-8-14(9-16(20)11-15)18(21)10-13-6-3-5-12-4-1-2-7-17(12)13/h1-2,4,7-9,11,13H,3,5-6,10H2. The van der Waals surface area contributed by atoms with Crippen molar-refractivity contribution in [3.63, 3.8) is 0 Å². The average molecular weight is 286 g/mol. The van der Waals surface area contributed by atoms with Gasteiger partial charge in [-0.15, -0.1) is 0 Å². The van der Waals surface area contributed by atoms with Gasteiger partial charge in [0.1, 0.15) is 11.6 Å². The zero-order chi connectivity index (χ0) is 14.8. The normalized spacial score (nSPS) is 17.3. The Bertz CT molecular complexity index is 658. The number of rotatable bonds is 3. The van der Waals surface area contributed by atoms with Crippen molar-refractivity contribution in [1.82, 2.24) is 0 Å². The van der Waals surface area contributed by atoms with E-state index in [0.717, 1.165) is 37.5 Å². The fourth-order valence-corrected chi connectivity index (χ4v) is 3.12. The Morgan fingerprint density at radius 3 is 2.57 bits per heavy atom. The van der Waals surface area contributed by atoms with E-state index in [1.165, 1.54) is 11.1 Å². The molecule has 0 saturated heterocycles. The minimum absolute atomic E-state index is 0.121. The van der Waals surface area contributed by atoms with Gasteiger partial charge in [-0.25, -0.2) is 8.78 Å². The molecule has 1 unspecified atom stereocenters. The first-order chi connectivity index (χ1) is 10.1. The maximum atomic E-state index is 13.2. The van der Waals surface area contributed by atoms with Crippen LogP contribution in [0.3, 0.4) is 0 Å². The molecule has 0 radical (unpaired) electrons. The Morgan fingerprint density at radius 2 is 1.81 bits per heavy atom. The highest BCUT2D eigenvalue weighted by atomic mass is 19.1. The lowest BCUT2D eigenvalue weighted by Crippen LogP contribution is -2.14. The summed E-state index contributed by atoms with van der Waals surface area (Å²) in [6, 6.07) is 11.1. The topological polar surface area (TPSA) is 17.1 Å². The lowest BCUT2D eigenvalue weighted by atomic mass is 9.79. The van der Waals surface area contributed by atoms with Crippen LogP contribution in [0.2, 0.25) is 0 Å². The molecule has 0 aromatic heterocycles. The van der Waals surface area contributed by atoms with Crippen molar-refractivity contribution in [3.8, 4) is 0 Å². The van der Waals surface area contributed by atoms with Gasteiger partial charge in [-0.1, -0.05) is 24.3 Å². The first-order valence-electron chi connectivity index (χ1n) is 7.20. The van der Waals surface area contributed by atoms with Crippen LogP contribution in [0.1, 0.15) is 46.7 Å². The Balaban J connectivity index is 1.82. The van der Waals surface area contributed by atoms with Gasteiger partial charge in [0.2, 0.25) is 0 Å². The monoisotopic (exact) mass is 286 g/mol. The molecule has 0 saturated carbocycles. The number of carbonyl (C=O) groups excluding carboxylic acids is 1. The van der Waals surface area contributed by atoms with Crippen LogP contribution in [0.15, 0.2) is 42.5 Å². The summed E-state index contributed by atoms with van der Waals surface area (Å²) in [6.07, 6.45) is 3.34. The summed E-state index contributed by atoms with van der Waals surface area (Å²) in [5, 5.41) is 0. The summed E-state index contributed by atoms with van der Waals surface area (Å²) in [5.74, 6) is -1.46. The van der Waals surface area contributed by atoms with Gasteiger partial charge in [0.25, 0.3) is 0 Å². The molecule has 0 bridgehead atoms. The smallest absolute Gasteiger partial charge is 0.163 e. The molecular weight excluding hydrogens is 270 g/mol. The lowest BCUT2D eigenvalue weighted by Gasteiger charge is -2.25. The first kappa shape index (κ1) is 13.9. The number of hydrogen-bond acceptors (Lipinski definition) is 1. The number of benzene rings is 2. The molecule has 0 spiro atoms. The molecule has 0 amide bonds. The second kappa shape index (κ2) is 5.76. The van der Waals surface area contributed by atoms with E-state index in [-0.39, 0.29) is 17.3 Å². The third-order valence-electron chi connectivity index (χ3n) is 4.11. The number of carbonyl (C=O) groups is 1. The lowest BCUT2D eigenvalue weighted by molar-refractivity contribution is 0.0970. The van der Waals surface area contributed by atoms with Gasteiger partial charge in [0, 0.05) is 18.1 Å². The van der Waals surface area contributed by atoms with E-state index in [1.807, 2.05) is 12.1 Å². The van der Waals surface area contributed by atoms with Crippen molar-refractivity contribution in [2.75, 3.05) is 0 Å². The largest absolute Gasteiger partial charge is 0.294 e. The number of halogens is 2. The van der Waals surface area contributed by atoms with E-state index < -0.39 is 11.6 Å². The van der Waals surface area contributed by atoms with E-state index in [2.05, 4.69) is 12.1 Å². The van der Waals surface area contributed by atoms with E-state index in [1.54, 1.807) is 0 Å². The van der Waals surface area contributed by atoms with Gasteiger partial charge in [0.05, 0.1) is 0 Å². The Hall–Kier alpha value is -2.03. The summed E-state index contributed by atoms with van der Waals surface area (Å²) in [6.45, 7) is 0. The van der Waals surface area contributed by atoms with Crippen LogP contribution in [0.25, 0.3) is 0 Å². The van der Waals surface area contributed by atoms with Crippen LogP contribution < -0.4 is 0 Å². The van der Waals surface area contributed by atoms with Crippen molar-refractivity contribution in [1.29, 1.82) is 0 Å². The summed E-state index contributed by atoms with van der Waals surface area (Å²) < 4.78 is 26.4. The molecule has 3 heteroatoms. The van der Waals surface area contributed by atoms with Gasteiger partial charge >= 0.3 is 0 Å². The first-order valence-corrected chi connectivity index (χ1v) is 7.20. The third-order valence-corrected chi connectivity index (χ3v) is 4.11. The summed E-state index contributed by atoms with van der Waals surface area (Å²) >= 11 is 0. The molecule has 21 heavy (non-hydrogen) atoms. The predicted octanol–water partition coefficient (Wildman–Crippen LogP) is 4.66. The molecular formula is C18H16F2O. The zero-order valence-corrected chi connectivity index (χ0v) is 11.6. The van der Waals surface area contributed by atoms with Gasteiger partial charge in [-0.05, 0) is 48.4 Å². The highest BCUT2D eigenvalue weighted by Crippen LogP contribution is 2.34.